The van der Waals surface area contributed by atoms with E-state index in [0.29, 0.717) is 12.0 Å². The number of piperidine rings is 1. The number of guanidine groups is 1. The fourth-order valence-electron chi connectivity index (χ4n) is 4.67. The molecule has 0 spiro atoms. The van der Waals surface area contributed by atoms with Crippen LogP contribution in [0, 0.1) is 5.92 Å². The highest BCUT2D eigenvalue weighted by atomic mass is 32.1. The Morgan fingerprint density at radius 3 is 2.73 bits per heavy atom. The molecule has 2 unspecified atom stereocenters. The number of thiophene rings is 1. The Morgan fingerprint density at radius 1 is 1.17 bits per heavy atom. The van der Waals surface area contributed by atoms with Gasteiger partial charge >= 0.3 is 0 Å². The molecule has 2 saturated heterocycles. The van der Waals surface area contributed by atoms with Crippen LogP contribution < -0.4 is 15.5 Å². The lowest BCUT2D eigenvalue weighted by molar-refractivity contribution is 0.125. The summed E-state index contributed by atoms with van der Waals surface area (Å²) in [6, 6.07) is 9.24. The van der Waals surface area contributed by atoms with Crippen LogP contribution in [0.2, 0.25) is 0 Å². The zero-order chi connectivity index (χ0) is 20.8. The van der Waals surface area contributed by atoms with Crippen molar-refractivity contribution in [3.05, 3.63) is 46.3 Å². The molecule has 2 aliphatic heterocycles. The van der Waals surface area contributed by atoms with Gasteiger partial charge in [-0.25, -0.2) is 4.98 Å². The van der Waals surface area contributed by atoms with Gasteiger partial charge in [0.25, 0.3) is 0 Å². The maximum atomic E-state index is 4.65. The number of aromatic nitrogens is 1. The molecule has 0 radical (unpaired) electrons. The maximum absolute atomic E-state index is 4.65. The lowest BCUT2D eigenvalue weighted by atomic mass is 9.88. The van der Waals surface area contributed by atoms with E-state index in [1.165, 1.54) is 42.7 Å². The Balaban J connectivity index is 1.29. The third-order valence-corrected chi connectivity index (χ3v) is 7.24. The number of rotatable bonds is 6. The van der Waals surface area contributed by atoms with Crippen LogP contribution in [0.15, 0.2) is 40.8 Å². The van der Waals surface area contributed by atoms with Crippen LogP contribution in [0.25, 0.3) is 0 Å². The molecule has 0 aliphatic carbocycles. The lowest BCUT2D eigenvalue weighted by Gasteiger charge is -2.39. The van der Waals surface area contributed by atoms with Crippen molar-refractivity contribution in [1.82, 2.24) is 20.5 Å². The monoisotopic (exact) mass is 426 g/mol. The Hall–Kier alpha value is -2.12. The number of nitrogens with one attached hydrogen (secondary N) is 2. The molecule has 162 valence electrons. The Labute approximate surface area is 184 Å². The molecule has 7 heteroatoms. The highest BCUT2D eigenvalue weighted by molar-refractivity contribution is 7.10. The Morgan fingerprint density at radius 2 is 2.03 bits per heavy atom. The van der Waals surface area contributed by atoms with E-state index in [-0.39, 0.29) is 0 Å². The number of aliphatic imine (C=N–C) groups is 1. The van der Waals surface area contributed by atoms with Gasteiger partial charge in [0, 0.05) is 50.3 Å². The predicted octanol–water partition coefficient (Wildman–Crippen LogP) is 3.49. The van der Waals surface area contributed by atoms with Crippen LogP contribution in [0.1, 0.15) is 42.2 Å². The summed E-state index contributed by atoms with van der Waals surface area (Å²) >= 11 is 1.87. The second-order valence-electron chi connectivity index (χ2n) is 8.37. The second-order valence-corrected chi connectivity index (χ2v) is 9.35. The molecule has 30 heavy (non-hydrogen) atoms. The van der Waals surface area contributed by atoms with Gasteiger partial charge in [-0.15, -0.1) is 11.3 Å². The van der Waals surface area contributed by atoms with E-state index in [0.717, 1.165) is 38.0 Å². The standard InChI is InChI=1S/C23H34N6S/c1-24-23(26-16-18-9-10-21(25-15-18)29-12-3-4-13-29)27-17-19-7-5-11-28(2)22(19)20-8-6-14-30-20/h6,8-10,14-15,19,22H,3-5,7,11-13,16-17H2,1-2H3,(H2,24,26,27). The fraction of sp³-hybridized carbons (Fsp3) is 0.565. The summed E-state index contributed by atoms with van der Waals surface area (Å²) in [7, 11) is 4.09. The van der Waals surface area contributed by atoms with Gasteiger partial charge in [0.2, 0.25) is 0 Å². The summed E-state index contributed by atoms with van der Waals surface area (Å²) in [4.78, 5) is 15.4. The van der Waals surface area contributed by atoms with Crippen LogP contribution in [-0.2, 0) is 6.54 Å². The number of hydrogen-bond acceptors (Lipinski definition) is 5. The van der Waals surface area contributed by atoms with Gasteiger partial charge in [0.05, 0.1) is 0 Å². The van der Waals surface area contributed by atoms with E-state index in [9.17, 15) is 0 Å². The number of anilines is 1. The average molecular weight is 427 g/mol. The molecule has 2 N–H and O–H groups in total. The SMILES string of the molecule is CN=C(NCc1ccc(N2CCCC2)nc1)NCC1CCCN(C)C1c1cccs1. The molecule has 2 fully saturated rings. The van der Waals surface area contributed by atoms with Gasteiger partial charge in [-0.3, -0.25) is 9.89 Å². The summed E-state index contributed by atoms with van der Waals surface area (Å²) in [6.07, 6.45) is 7.04. The quantitative estimate of drug-likeness (QED) is 0.547. The van der Waals surface area contributed by atoms with Crippen molar-refractivity contribution in [1.29, 1.82) is 0 Å². The topological polar surface area (TPSA) is 55.8 Å². The van der Waals surface area contributed by atoms with Gasteiger partial charge in [-0.2, -0.15) is 0 Å². The average Bonchev–Trinajstić information content (AvgIpc) is 3.49. The van der Waals surface area contributed by atoms with E-state index in [1.54, 1.807) is 0 Å². The van der Waals surface area contributed by atoms with Crippen molar-refractivity contribution in [3.63, 3.8) is 0 Å². The predicted molar refractivity (Wildman–Crippen MR) is 126 cm³/mol. The molecule has 0 bridgehead atoms. The van der Waals surface area contributed by atoms with Gasteiger partial charge < -0.3 is 15.5 Å². The fourth-order valence-corrected chi connectivity index (χ4v) is 5.65. The van der Waals surface area contributed by atoms with E-state index in [2.05, 4.69) is 67.1 Å². The van der Waals surface area contributed by atoms with Gasteiger partial charge in [0.15, 0.2) is 5.96 Å². The van der Waals surface area contributed by atoms with Crippen molar-refractivity contribution in [2.75, 3.05) is 45.2 Å². The minimum Gasteiger partial charge on any atom is -0.357 e. The highest BCUT2D eigenvalue weighted by Gasteiger charge is 2.31. The molecule has 2 atom stereocenters. The first-order chi connectivity index (χ1) is 14.7. The van der Waals surface area contributed by atoms with E-state index < -0.39 is 0 Å². The van der Waals surface area contributed by atoms with Crippen molar-refractivity contribution < 1.29 is 0 Å². The number of nitrogens with zero attached hydrogens (tertiary/aromatic N) is 4. The van der Waals surface area contributed by atoms with Crippen LogP contribution in [0.4, 0.5) is 5.82 Å². The van der Waals surface area contributed by atoms with E-state index in [1.807, 2.05) is 24.6 Å². The summed E-state index contributed by atoms with van der Waals surface area (Å²) in [5.74, 6) is 2.54. The molecule has 2 aromatic heterocycles. The van der Waals surface area contributed by atoms with Crippen molar-refractivity contribution in [2.24, 2.45) is 10.9 Å². The van der Waals surface area contributed by atoms with Crippen LogP contribution >= 0.6 is 11.3 Å². The smallest absolute Gasteiger partial charge is 0.191 e. The van der Waals surface area contributed by atoms with E-state index in [4.69, 9.17) is 0 Å². The number of pyridine rings is 1. The summed E-state index contributed by atoms with van der Waals surface area (Å²) in [6.45, 7) is 5.09. The molecule has 4 heterocycles. The first-order valence-electron chi connectivity index (χ1n) is 11.1. The Bertz CT molecular complexity index is 798. The minimum atomic E-state index is 0.492. The van der Waals surface area contributed by atoms with Crippen molar-refractivity contribution in [2.45, 2.75) is 38.3 Å². The largest absolute Gasteiger partial charge is 0.357 e. The molecular formula is C23H34N6S. The molecule has 6 nitrogen and oxygen atoms in total. The molecule has 4 rings (SSSR count). The third-order valence-electron chi connectivity index (χ3n) is 6.30. The molecule has 0 saturated carbocycles. The highest BCUT2D eigenvalue weighted by Crippen LogP contribution is 2.36. The van der Waals surface area contributed by atoms with Crippen LogP contribution in [0.5, 0.6) is 0 Å². The second kappa shape index (κ2) is 10.3. The van der Waals surface area contributed by atoms with Crippen LogP contribution in [0.3, 0.4) is 0 Å². The molecule has 2 aromatic rings. The third kappa shape index (κ3) is 5.13. The molecule has 0 amide bonds. The molecule has 2 aliphatic rings. The van der Waals surface area contributed by atoms with Gasteiger partial charge in [0.1, 0.15) is 5.82 Å². The van der Waals surface area contributed by atoms with Gasteiger partial charge in [-0.05, 0) is 68.3 Å². The van der Waals surface area contributed by atoms with Crippen LogP contribution in [-0.4, -0.2) is 56.1 Å². The van der Waals surface area contributed by atoms with Gasteiger partial charge in [-0.1, -0.05) is 12.1 Å². The minimum absolute atomic E-state index is 0.492. The maximum Gasteiger partial charge on any atom is 0.191 e. The zero-order valence-corrected chi connectivity index (χ0v) is 19.0. The number of hydrogen-bond donors (Lipinski definition) is 2. The molecule has 0 aromatic carbocycles. The first kappa shape index (κ1) is 21.1. The summed E-state index contributed by atoms with van der Waals surface area (Å²) in [5, 5.41) is 9.20. The molecular weight excluding hydrogens is 392 g/mol. The summed E-state index contributed by atoms with van der Waals surface area (Å²) in [5.41, 5.74) is 1.18. The van der Waals surface area contributed by atoms with E-state index >= 15 is 0 Å². The summed E-state index contributed by atoms with van der Waals surface area (Å²) < 4.78 is 0. The zero-order valence-electron chi connectivity index (χ0n) is 18.2. The van der Waals surface area contributed by atoms with Crippen molar-refractivity contribution in [3.8, 4) is 0 Å². The normalized spacial score (nSPS) is 23.0. The Kier molecular flexibility index (Phi) is 7.23. The first-order valence-corrected chi connectivity index (χ1v) is 12.0. The number of likely N-dealkylation sites (tertiary alicyclic amines) is 1. The van der Waals surface area contributed by atoms with Crippen molar-refractivity contribution >= 4 is 23.1 Å². The lowest BCUT2D eigenvalue weighted by Crippen LogP contribution is -2.44.